The van der Waals surface area contributed by atoms with Crippen LogP contribution in [0.2, 0.25) is 0 Å². The molecule has 82 valence electrons. The molecule has 14 heavy (non-hydrogen) atoms. The van der Waals surface area contributed by atoms with Gasteiger partial charge in [-0.2, -0.15) is 0 Å². The predicted octanol–water partition coefficient (Wildman–Crippen LogP) is 3.53. The van der Waals surface area contributed by atoms with Gasteiger partial charge in [-0.3, -0.25) is 0 Å². The maximum atomic E-state index is 10.1. The summed E-state index contributed by atoms with van der Waals surface area (Å²) in [6.07, 6.45) is 8.08. The van der Waals surface area contributed by atoms with Crippen molar-refractivity contribution in [3.05, 3.63) is 11.6 Å². The molecule has 1 fully saturated rings. The van der Waals surface area contributed by atoms with Crippen molar-refractivity contribution in [1.29, 1.82) is 0 Å². The van der Waals surface area contributed by atoms with E-state index in [0.717, 1.165) is 12.8 Å². The van der Waals surface area contributed by atoms with Gasteiger partial charge in [-0.1, -0.05) is 31.4 Å². The maximum Gasteiger partial charge on any atom is 0.0599 e. The van der Waals surface area contributed by atoms with Gasteiger partial charge < -0.3 is 5.11 Å². The van der Waals surface area contributed by atoms with Gasteiger partial charge in [-0.15, -0.1) is 0 Å². The second-order valence-electron chi connectivity index (χ2n) is 4.69. The lowest BCUT2D eigenvalue weighted by Gasteiger charge is -2.34. The molecule has 0 amide bonds. The van der Waals surface area contributed by atoms with Crippen LogP contribution in [0.1, 0.15) is 52.9 Å². The zero-order valence-corrected chi connectivity index (χ0v) is 9.79. The zero-order chi connectivity index (χ0) is 10.6. The third-order valence-corrected chi connectivity index (χ3v) is 3.72. The summed E-state index contributed by atoms with van der Waals surface area (Å²) in [7, 11) is 0. The highest BCUT2D eigenvalue weighted by Crippen LogP contribution is 2.34. The quantitative estimate of drug-likeness (QED) is 0.685. The van der Waals surface area contributed by atoms with Crippen molar-refractivity contribution < 1.29 is 5.11 Å². The minimum atomic E-state index is -0.0522. The van der Waals surface area contributed by atoms with E-state index in [4.69, 9.17) is 0 Å². The molecule has 3 atom stereocenters. The molecule has 0 radical (unpaired) electrons. The number of aliphatic hydroxyl groups excluding tert-OH is 1. The Morgan fingerprint density at radius 3 is 2.57 bits per heavy atom. The van der Waals surface area contributed by atoms with E-state index in [1.807, 2.05) is 0 Å². The van der Waals surface area contributed by atoms with E-state index in [9.17, 15) is 5.11 Å². The summed E-state index contributed by atoms with van der Waals surface area (Å²) in [4.78, 5) is 0. The van der Waals surface area contributed by atoms with Gasteiger partial charge in [0, 0.05) is 0 Å². The van der Waals surface area contributed by atoms with Crippen LogP contribution in [0.5, 0.6) is 0 Å². The number of hydrogen-bond donors (Lipinski definition) is 1. The third kappa shape index (κ3) is 2.84. The standard InChI is InChI=1S/C13H24O/c1-4-10(3)9-12-8-6-7-11(5-2)13(12)14/h4,11-14H,5-9H2,1-3H3. The SMILES string of the molecule is CC=C(C)CC1CCCC(CC)C1O. The minimum absolute atomic E-state index is 0.0522. The van der Waals surface area contributed by atoms with E-state index >= 15 is 0 Å². The van der Waals surface area contributed by atoms with Gasteiger partial charge in [-0.25, -0.2) is 0 Å². The van der Waals surface area contributed by atoms with Crippen LogP contribution in [0.15, 0.2) is 11.6 Å². The first-order valence-electron chi connectivity index (χ1n) is 5.98. The Bertz CT molecular complexity index is 195. The number of aliphatic hydroxyl groups is 1. The molecule has 0 spiro atoms. The van der Waals surface area contributed by atoms with E-state index in [0.29, 0.717) is 11.8 Å². The molecule has 0 heterocycles. The molecule has 0 aromatic rings. The molecule has 0 saturated heterocycles. The van der Waals surface area contributed by atoms with Gasteiger partial charge in [0.2, 0.25) is 0 Å². The fourth-order valence-corrected chi connectivity index (χ4v) is 2.57. The average Bonchev–Trinajstić information content (AvgIpc) is 2.21. The summed E-state index contributed by atoms with van der Waals surface area (Å²) in [5, 5.41) is 10.1. The molecule has 0 aromatic carbocycles. The third-order valence-electron chi connectivity index (χ3n) is 3.72. The van der Waals surface area contributed by atoms with Crippen LogP contribution in [0.3, 0.4) is 0 Å². The average molecular weight is 196 g/mol. The van der Waals surface area contributed by atoms with Crippen LogP contribution < -0.4 is 0 Å². The molecule has 3 unspecified atom stereocenters. The molecular formula is C13H24O. The van der Waals surface area contributed by atoms with Crippen molar-refractivity contribution in [2.75, 3.05) is 0 Å². The van der Waals surface area contributed by atoms with Crippen molar-refractivity contribution in [2.45, 2.75) is 59.0 Å². The number of rotatable bonds is 3. The molecule has 1 N–H and O–H groups in total. The van der Waals surface area contributed by atoms with Crippen molar-refractivity contribution in [2.24, 2.45) is 11.8 Å². The second-order valence-corrected chi connectivity index (χ2v) is 4.69. The Morgan fingerprint density at radius 1 is 1.36 bits per heavy atom. The van der Waals surface area contributed by atoms with Crippen molar-refractivity contribution in [3.8, 4) is 0 Å². The molecule has 1 heteroatoms. The first-order valence-corrected chi connectivity index (χ1v) is 5.98. The van der Waals surface area contributed by atoms with E-state index in [-0.39, 0.29) is 6.10 Å². The topological polar surface area (TPSA) is 20.2 Å². The summed E-state index contributed by atoms with van der Waals surface area (Å²) in [5.74, 6) is 1.07. The highest BCUT2D eigenvalue weighted by atomic mass is 16.3. The summed E-state index contributed by atoms with van der Waals surface area (Å²) < 4.78 is 0. The molecule has 1 nitrogen and oxygen atoms in total. The Kier molecular flexibility index (Phi) is 4.67. The highest BCUT2D eigenvalue weighted by molar-refractivity contribution is 4.99. The first-order chi connectivity index (χ1) is 6.69. The summed E-state index contributed by atoms with van der Waals surface area (Å²) >= 11 is 0. The van der Waals surface area contributed by atoms with Gasteiger partial charge in [0.25, 0.3) is 0 Å². The van der Waals surface area contributed by atoms with Crippen molar-refractivity contribution in [1.82, 2.24) is 0 Å². The largest absolute Gasteiger partial charge is 0.393 e. The monoisotopic (exact) mass is 196 g/mol. The Labute approximate surface area is 88.2 Å². The number of allylic oxidation sites excluding steroid dienone is 2. The molecule has 1 aliphatic carbocycles. The summed E-state index contributed by atoms with van der Waals surface area (Å²) in [5.41, 5.74) is 1.42. The van der Waals surface area contributed by atoms with Crippen LogP contribution >= 0.6 is 0 Å². The van der Waals surface area contributed by atoms with E-state index < -0.39 is 0 Å². The van der Waals surface area contributed by atoms with Crippen LogP contribution in [0, 0.1) is 11.8 Å². The van der Waals surface area contributed by atoms with Gasteiger partial charge >= 0.3 is 0 Å². The second kappa shape index (κ2) is 5.55. The summed E-state index contributed by atoms with van der Waals surface area (Å²) in [6.45, 7) is 6.45. The van der Waals surface area contributed by atoms with Crippen LogP contribution in [-0.4, -0.2) is 11.2 Å². The minimum Gasteiger partial charge on any atom is -0.393 e. The summed E-state index contributed by atoms with van der Waals surface area (Å²) in [6, 6.07) is 0. The van der Waals surface area contributed by atoms with Crippen molar-refractivity contribution >= 4 is 0 Å². The molecule has 0 aromatic heterocycles. The zero-order valence-electron chi connectivity index (χ0n) is 9.79. The number of hydrogen-bond acceptors (Lipinski definition) is 1. The van der Waals surface area contributed by atoms with Crippen LogP contribution in [0.25, 0.3) is 0 Å². The molecule has 1 rings (SSSR count). The maximum absolute atomic E-state index is 10.1. The smallest absolute Gasteiger partial charge is 0.0599 e. The lowest BCUT2D eigenvalue weighted by Crippen LogP contribution is -2.33. The first kappa shape index (κ1) is 11.8. The lowest BCUT2D eigenvalue weighted by atomic mass is 9.75. The van der Waals surface area contributed by atoms with E-state index in [1.54, 1.807) is 0 Å². The lowest BCUT2D eigenvalue weighted by molar-refractivity contribution is 0.0160. The predicted molar refractivity (Wildman–Crippen MR) is 61.2 cm³/mol. The Hall–Kier alpha value is -0.300. The Balaban J connectivity index is 2.51. The van der Waals surface area contributed by atoms with Gasteiger partial charge in [0.15, 0.2) is 0 Å². The van der Waals surface area contributed by atoms with Crippen LogP contribution in [0.4, 0.5) is 0 Å². The molecule has 0 bridgehead atoms. The van der Waals surface area contributed by atoms with Gasteiger partial charge in [0.1, 0.15) is 0 Å². The molecule has 0 aliphatic heterocycles. The van der Waals surface area contributed by atoms with Crippen molar-refractivity contribution in [3.63, 3.8) is 0 Å². The highest BCUT2D eigenvalue weighted by Gasteiger charge is 2.30. The van der Waals surface area contributed by atoms with Gasteiger partial charge in [0.05, 0.1) is 6.10 Å². The van der Waals surface area contributed by atoms with E-state index in [2.05, 4.69) is 26.8 Å². The van der Waals surface area contributed by atoms with Gasteiger partial charge in [-0.05, 0) is 44.9 Å². The normalized spacial score (nSPS) is 34.6. The Morgan fingerprint density at radius 2 is 2.00 bits per heavy atom. The van der Waals surface area contributed by atoms with Crippen LogP contribution in [-0.2, 0) is 0 Å². The molecular weight excluding hydrogens is 172 g/mol. The van der Waals surface area contributed by atoms with E-state index in [1.165, 1.54) is 24.8 Å². The fraction of sp³-hybridized carbons (Fsp3) is 0.846. The molecule has 1 aliphatic rings. The fourth-order valence-electron chi connectivity index (χ4n) is 2.57. The molecule has 1 saturated carbocycles.